The van der Waals surface area contributed by atoms with Crippen LogP contribution in [0, 0.1) is 5.92 Å². The van der Waals surface area contributed by atoms with E-state index in [1.165, 1.54) is 11.1 Å². The zero-order chi connectivity index (χ0) is 19.9. The zero-order valence-electron chi connectivity index (χ0n) is 17.4. The summed E-state index contributed by atoms with van der Waals surface area (Å²) in [5.74, 6) is 2.23. The molecule has 0 heterocycles. The first-order chi connectivity index (χ1) is 12.8. The van der Waals surface area contributed by atoms with Gasteiger partial charge in [0.05, 0.1) is 12.7 Å². The SMILES string of the molecule is CCCC(O)COc1ccc(C(C)(C)c2ccc(OCC(C)C)cc2)cc1. The van der Waals surface area contributed by atoms with Crippen molar-refractivity contribution < 1.29 is 14.6 Å². The van der Waals surface area contributed by atoms with E-state index in [1.807, 2.05) is 24.3 Å². The quantitative estimate of drug-likeness (QED) is 0.593. The molecule has 0 spiro atoms. The molecule has 3 heteroatoms. The molecule has 0 aliphatic carbocycles. The van der Waals surface area contributed by atoms with Gasteiger partial charge in [0, 0.05) is 5.41 Å². The molecule has 1 atom stereocenters. The lowest BCUT2D eigenvalue weighted by molar-refractivity contribution is 0.0993. The van der Waals surface area contributed by atoms with Gasteiger partial charge in [0.15, 0.2) is 0 Å². The van der Waals surface area contributed by atoms with Gasteiger partial charge in [-0.15, -0.1) is 0 Å². The first kappa shape index (κ1) is 21.3. The zero-order valence-corrected chi connectivity index (χ0v) is 17.4. The van der Waals surface area contributed by atoms with Gasteiger partial charge in [-0.1, -0.05) is 65.3 Å². The van der Waals surface area contributed by atoms with Gasteiger partial charge in [0.1, 0.15) is 18.1 Å². The number of benzene rings is 2. The summed E-state index contributed by atoms with van der Waals surface area (Å²) >= 11 is 0. The van der Waals surface area contributed by atoms with Crippen molar-refractivity contribution >= 4 is 0 Å². The smallest absolute Gasteiger partial charge is 0.119 e. The van der Waals surface area contributed by atoms with Crippen LogP contribution in [-0.4, -0.2) is 24.4 Å². The monoisotopic (exact) mass is 370 g/mol. The molecule has 1 unspecified atom stereocenters. The summed E-state index contributed by atoms with van der Waals surface area (Å²) in [4.78, 5) is 0. The molecule has 0 amide bonds. The van der Waals surface area contributed by atoms with Crippen LogP contribution in [0.25, 0.3) is 0 Å². The molecular formula is C24H34O3. The maximum Gasteiger partial charge on any atom is 0.119 e. The molecule has 0 aliphatic heterocycles. The minimum Gasteiger partial charge on any atom is -0.493 e. The van der Waals surface area contributed by atoms with Crippen LogP contribution in [-0.2, 0) is 5.41 Å². The van der Waals surface area contributed by atoms with Crippen LogP contribution in [0.2, 0.25) is 0 Å². The van der Waals surface area contributed by atoms with E-state index in [2.05, 4.69) is 58.9 Å². The first-order valence-corrected chi connectivity index (χ1v) is 9.97. The van der Waals surface area contributed by atoms with Gasteiger partial charge >= 0.3 is 0 Å². The minimum atomic E-state index is -0.400. The van der Waals surface area contributed by atoms with Crippen LogP contribution < -0.4 is 9.47 Å². The number of aliphatic hydroxyl groups excluding tert-OH is 1. The van der Waals surface area contributed by atoms with E-state index in [0.717, 1.165) is 30.9 Å². The van der Waals surface area contributed by atoms with E-state index in [0.29, 0.717) is 12.5 Å². The fourth-order valence-electron chi connectivity index (χ4n) is 2.97. The van der Waals surface area contributed by atoms with E-state index >= 15 is 0 Å². The lowest BCUT2D eigenvalue weighted by atomic mass is 9.78. The van der Waals surface area contributed by atoms with Crippen molar-refractivity contribution in [1.82, 2.24) is 0 Å². The van der Waals surface area contributed by atoms with Crippen LogP contribution in [0.4, 0.5) is 0 Å². The van der Waals surface area contributed by atoms with Gasteiger partial charge in [-0.25, -0.2) is 0 Å². The molecule has 1 N–H and O–H groups in total. The van der Waals surface area contributed by atoms with Crippen molar-refractivity contribution in [1.29, 1.82) is 0 Å². The average molecular weight is 371 g/mol. The molecule has 0 aliphatic rings. The third-order valence-electron chi connectivity index (χ3n) is 4.80. The Morgan fingerprint density at radius 3 is 1.67 bits per heavy atom. The van der Waals surface area contributed by atoms with Gasteiger partial charge in [-0.3, -0.25) is 0 Å². The van der Waals surface area contributed by atoms with Crippen LogP contribution in [0.5, 0.6) is 11.5 Å². The van der Waals surface area contributed by atoms with Gasteiger partial charge in [-0.05, 0) is 47.7 Å². The second-order valence-corrected chi connectivity index (χ2v) is 8.13. The second-order valence-electron chi connectivity index (χ2n) is 8.13. The number of ether oxygens (including phenoxy) is 2. The van der Waals surface area contributed by atoms with Crippen LogP contribution in [0.3, 0.4) is 0 Å². The van der Waals surface area contributed by atoms with Crippen molar-refractivity contribution in [2.75, 3.05) is 13.2 Å². The predicted molar refractivity (Wildman–Crippen MR) is 112 cm³/mol. The highest BCUT2D eigenvalue weighted by Gasteiger charge is 2.23. The molecule has 0 aromatic heterocycles. The highest BCUT2D eigenvalue weighted by Crippen LogP contribution is 2.33. The Hall–Kier alpha value is -2.00. The normalized spacial score (nSPS) is 12.9. The summed E-state index contributed by atoms with van der Waals surface area (Å²) in [6.45, 7) is 11.9. The molecule has 0 fully saturated rings. The number of rotatable bonds is 10. The molecule has 0 saturated heterocycles. The molecule has 148 valence electrons. The highest BCUT2D eigenvalue weighted by molar-refractivity contribution is 5.41. The second kappa shape index (κ2) is 9.80. The molecule has 3 nitrogen and oxygen atoms in total. The largest absolute Gasteiger partial charge is 0.493 e. The maximum atomic E-state index is 9.80. The Morgan fingerprint density at radius 1 is 0.815 bits per heavy atom. The van der Waals surface area contributed by atoms with Crippen molar-refractivity contribution in [2.24, 2.45) is 5.92 Å². The van der Waals surface area contributed by atoms with Crippen LogP contribution in [0.1, 0.15) is 58.6 Å². The Balaban J connectivity index is 2.03. The van der Waals surface area contributed by atoms with E-state index in [-0.39, 0.29) is 5.41 Å². The Kier molecular flexibility index (Phi) is 7.73. The lowest BCUT2D eigenvalue weighted by Gasteiger charge is -2.26. The van der Waals surface area contributed by atoms with Gasteiger partial charge < -0.3 is 14.6 Å². The third-order valence-corrected chi connectivity index (χ3v) is 4.80. The fourth-order valence-corrected chi connectivity index (χ4v) is 2.97. The summed E-state index contributed by atoms with van der Waals surface area (Å²) in [5.41, 5.74) is 2.35. The first-order valence-electron chi connectivity index (χ1n) is 9.97. The molecule has 27 heavy (non-hydrogen) atoms. The molecule has 0 saturated carbocycles. The van der Waals surface area contributed by atoms with E-state index in [1.54, 1.807) is 0 Å². The minimum absolute atomic E-state index is 0.114. The van der Waals surface area contributed by atoms with Crippen molar-refractivity contribution in [3.8, 4) is 11.5 Å². The standard InChI is InChI=1S/C24H34O3/c1-6-7-21(25)17-27-23-14-10-20(11-15-23)24(4,5)19-8-12-22(13-9-19)26-16-18(2)3/h8-15,18,21,25H,6-7,16-17H2,1-5H3. The molecule has 2 rings (SSSR count). The average Bonchev–Trinajstić information content (AvgIpc) is 2.65. The van der Waals surface area contributed by atoms with Crippen molar-refractivity contribution in [3.05, 3.63) is 59.7 Å². The Bertz CT molecular complexity index is 672. The Labute approximate surface area is 164 Å². The predicted octanol–water partition coefficient (Wildman–Crippen LogP) is 5.59. The summed E-state index contributed by atoms with van der Waals surface area (Å²) < 4.78 is 11.5. The topological polar surface area (TPSA) is 38.7 Å². The molecule has 2 aromatic rings. The Morgan fingerprint density at radius 2 is 1.26 bits per heavy atom. The molecule has 0 radical (unpaired) electrons. The van der Waals surface area contributed by atoms with Crippen LogP contribution in [0.15, 0.2) is 48.5 Å². The summed E-state index contributed by atoms with van der Waals surface area (Å²) in [5, 5.41) is 9.80. The summed E-state index contributed by atoms with van der Waals surface area (Å²) in [6.07, 6.45) is 1.32. The summed E-state index contributed by atoms with van der Waals surface area (Å²) in [6, 6.07) is 16.5. The van der Waals surface area contributed by atoms with E-state index in [4.69, 9.17) is 9.47 Å². The van der Waals surface area contributed by atoms with Crippen molar-refractivity contribution in [2.45, 2.75) is 59.0 Å². The number of aliphatic hydroxyl groups is 1. The molecule has 0 bridgehead atoms. The molecule has 2 aromatic carbocycles. The number of hydrogen-bond donors (Lipinski definition) is 1. The highest BCUT2D eigenvalue weighted by atomic mass is 16.5. The van der Waals surface area contributed by atoms with Crippen molar-refractivity contribution in [3.63, 3.8) is 0 Å². The third kappa shape index (κ3) is 6.28. The van der Waals surface area contributed by atoms with Crippen LogP contribution >= 0.6 is 0 Å². The summed E-state index contributed by atoms with van der Waals surface area (Å²) in [7, 11) is 0. The van der Waals surface area contributed by atoms with E-state index < -0.39 is 6.10 Å². The van der Waals surface area contributed by atoms with E-state index in [9.17, 15) is 5.11 Å². The maximum absolute atomic E-state index is 9.80. The van der Waals surface area contributed by atoms with Gasteiger partial charge in [-0.2, -0.15) is 0 Å². The van der Waals surface area contributed by atoms with Gasteiger partial charge in [0.25, 0.3) is 0 Å². The lowest BCUT2D eigenvalue weighted by Crippen LogP contribution is -2.19. The molecular weight excluding hydrogens is 336 g/mol. The van der Waals surface area contributed by atoms with Gasteiger partial charge in [0.2, 0.25) is 0 Å². The fraction of sp³-hybridized carbons (Fsp3) is 0.500. The number of hydrogen-bond acceptors (Lipinski definition) is 3.